The Labute approximate surface area is 107 Å². The van der Waals surface area contributed by atoms with Gasteiger partial charge in [-0.3, -0.25) is 9.69 Å². The molecule has 18 heavy (non-hydrogen) atoms. The van der Waals surface area contributed by atoms with Crippen molar-refractivity contribution in [2.75, 3.05) is 32.1 Å². The number of carbonyl (C=O) groups is 1. The third kappa shape index (κ3) is 4.53. The summed E-state index contributed by atoms with van der Waals surface area (Å²) < 4.78 is 0. The van der Waals surface area contributed by atoms with Gasteiger partial charge in [-0.05, 0) is 25.6 Å². The fraction of sp³-hybridized carbons (Fsp3) is 0.385. The summed E-state index contributed by atoms with van der Waals surface area (Å²) in [4.78, 5) is 13.5. The highest BCUT2D eigenvalue weighted by atomic mass is 16.3. The van der Waals surface area contributed by atoms with Gasteiger partial charge in [0.2, 0.25) is 5.91 Å². The Morgan fingerprint density at radius 2 is 2.22 bits per heavy atom. The van der Waals surface area contributed by atoms with Crippen LogP contribution >= 0.6 is 0 Å². The van der Waals surface area contributed by atoms with Gasteiger partial charge in [0.25, 0.3) is 0 Å². The fourth-order valence-corrected chi connectivity index (χ4v) is 1.54. The Kier molecular flexibility index (Phi) is 5.85. The predicted molar refractivity (Wildman–Crippen MR) is 69.0 cm³/mol. The van der Waals surface area contributed by atoms with Gasteiger partial charge in [-0.2, -0.15) is 5.26 Å². The van der Waals surface area contributed by atoms with E-state index in [-0.39, 0.29) is 19.1 Å². The number of nitriles is 1. The number of hydrogen-bond acceptors (Lipinski definition) is 4. The van der Waals surface area contributed by atoms with Crippen LogP contribution in [-0.4, -0.2) is 42.7 Å². The molecule has 1 aromatic carbocycles. The zero-order valence-corrected chi connectivity index (χ0v) is 10.4. The topological polar surface area (TPSA) is 76.4 Å². The van der Waals surface area contributed by atoms with Crippen LogP contribution in [0.5, 0.6) is 0 Å². The Balaban J connectivity index is 2.52. The summed E-state index contributed by atoms with van der Waals surface area (Å²) in [5, 5.41) is 20.3. The van der Waals surface area contributed by atoms with E-state index in [1.807, 2.05) is 18.0 Å². The zero-order valence-electron chi connectivity index (χ0n) is 10.4. The van der Waals surface area contributed by atoms with Gasteiger partial charge in [-0.1, -0.05) is 12.1 Å². The third-order valence-electron chi connectivity index (χ3n) is 2.43. The molecular weight excluding hydrogens is 230 g/mol. The largest absolute Gasteiger partial charge is 0.396 e. The van der Waals surface area contributed by atoms with Crippen molar-refractivity contribution in [2.45, 2.75) is 6.42 Å². The maximum atomic E-state index is 11.7. The van der Waals surface area contributed by atoms with Crippen LogP contribution in [0.3, 0.4) is 0 Å². The van der Waals surface area contributed by atoms with E-state index < -0.39 is 0 Å². The molecule has 0 aliphatic rings. The number of nitrogens with zero attached hydrogens (tertiary/aromatic N) is 2. The second kappa shape index (κ2) is 7.43. The molecule has 0 fully saturated rings. The van der Waals surface area contributed by atoms with Crippen LogP contribution in [-0.2, 0) is 4.79 Å². The van der Waals surface area contributed by atoms with Crippen molar-refractivity contribution in [3.63, 3.8) is 0 Å². The van der Waals surface area contributed by atoms with E-state index in [4.69, 9.17) is 10.4 Å². The molecule has 5 nitrogen and oxygen atoms in total. The normalized spacial score (nSPS) is 10.1. The van der Waals surface area contributed by atoms with Gasteiger partial charge in [0.15, 0.2) is 0 Å². The van der Waals surface area contributed by atoms with Gasteiger partial charge in [-0.25, -0.2) is 0 Å². The van der Waals surface area contributed by atoms with Crippen LogP contribution < -0.4 is 5.32 Å². The average molecular weight is 247 g/mol. The Bertz CT molecular complexity index is 440. The number of likely N-dealkylation sites (N-methyl/N-ethyl adjacent to an activating group) is 1. The van der Waals surface area contributed by atoms with Crippen LogP contribution in [0, 0.1) is 11.3 Å². The van der Waals surface area contributed by atoms with E-state index in [0.717, 1.165) is 0 Å². The summed E-state index contributed by atoms with van der Waals surface area (Å²) in [6.45, 7) is 1.01. The first kappa shape index (κ1) is 14.2. The standard InChI is InChI=1S/C13H17N3O2/c1-16(7-4-8-17)10-13(18)15-12-6-3-2-5-11(12)9-14/h2-3,5-6,17H,4,7-8,10H2,1H3,(H,15,18). The van der Waals surface area contributed by atoms with Crippen LogP contribution in [0.25, 0.3) is 0 Å². The molecule has 2 N–H and O–H groups in total. The third-order valence-corrected chi connectivity index (χ3v) is 2.43. The fourth-order valence-electron chi connectivity index (χ4n) is 1.54. The van der Waals surface area contributed by atoms with Crippen molar-refractivity contribution in [3.05, 3.63) is 29.8 Å². The lowest BCUT2D eigenvalue weighted by molar-refractivity contribution is -0.117. The minimum absolute atomic E-state index is 0.114. The number of anilines is 1. The maximum Gasteiger partial charge on any atom is 0.238 e. The summed E-state index contributed by atoms with van der Waals surface area (Å²) in [5.41, 5.74) is 0.976. The number of benzene rings is 1. The highest BCUT2D eigenvalue weighted by Gasteiger charge is 2.08. The molecule has 0 saturated carbocycles. The molecule has 5 heteroatoms. The number of amides is 1. The van der Waals surface area contributed by atoms with Gasteiger partial charge in [-0.15, -0.1) is 0 Å². The van der Waals surface area contributed by atoms with Crippen molar-refractivity contribution in [1.82, 2.24) is 4.90 Å². The summed E-state index contributed by atoms with van der Waals surface area (Å²) in [6.07, 6.45) is 0.637. The second-order valence-electron chi connectivity index (χ2n) is 4.02. The molecule has 1 rings (SSSR count). The van der Waals surface area contributed by atoms with E-state index in [1.54, 1.807) is 24.3 Å². The van der Waals surface area contributed by atoms with E-state index >= 15 is 0 Å². The number of carbonyl (C=O) groups excluding carboxylic acids is 1. The highest BCUT2D eigenvalue weighted by molar-refractivity contribution is 5.93. The van der Waals surface area contributed by atoms with E-state index in [1.165, 1.54) is 0 Å². The van der Waals surface area contributed by atoms with E-state index in [2.05, 4.69) is 5.32 Å². The van der Waals surface area contributed by atoms with Gasteiger partial charge < -0.3 is 10.4 Å². The molecule has 0 radical (unpaired) electrons. The quantitative estimate of drug-likeness (QED) is 0.780. The van der Waals surface area contributed by atoms with Crippen molar-refractivity contribution in [3.8, 4) is 6.07 Å². The highest BCUT2D eigenvalue weighted by Crippen LogP contribution is 2.13. The number of para-hydroxylation sites is 1. The Hall–Kier alpha value is -1.90. The van der Waals surface area contributed by atoms with Gasteiger partial charge in [0.05, 0.1) is 17.8 Å². The van der Waals surface area contributed by atoms with Gasteiger partial charge in [0, 0.05) is 13.2 Å². The summed E-state index contributed by atoms with van der Waals surface area (Å²) in [7, 11) is 1.81. The molecule has 0 heterocycles. The first-order valence-electron chi connectivity index (χ1n) is 5.75. The SMILES string of the molecule is CN(CCCO)CC(=O)Nc1ccccc1C#N. The smallest absolute Gasteiger partial charge is 0.238 e. The molecule has 0 spiro atoms. The van der Waals surface area contributed by atoms with Crippen molar-refractivity contribution in [1.29, 1.82) is 5.26 Å². The number of aliphatic hydroxyl groups excluding tert-OH is 1. The lowest BCUT2D eigenvalue weighted by atomic mass is 10.2. The minimum atomic E-state index is -0.168. The number of aliphatic hydroxyl groups is 1. The molecule has 0 saturated heterocycles. The molecule has 96 valence electrons. The molecule has 0 atom stereocenters. The van der Waals surface area contributed by atoms with E-state index in [0.29, 0.717) is 24.2 Å². The Morgan fingerprint density at radius 3 is 2.89 bits per heavy atom. The van der Waals surface area contributed by atoms with Gasteiger partial charge >= 0.3 is 0 Å². The minimum Gasteiger partial charge on any atom is -0.396 e. The Morgan fingerprint density at radius 1 is 1.50 bits per heavy atom. The second-order valence-corrected chi connectivity index (χ2v) is 4.02. The number of rotatable bonds is 6. The molecular formula is C13H17N3O2. The maximum absolute atomic E-state index is 11.7. The molecule has 1 aromatic rings. The van der Waals surface area contributed by atoms with Crippen LogP contribution in [0.1, 0.15) is 12.0 Å². The first-order valence-corrected chi connectivity index (χ1v) is 5.75. The predicted octanol–water partition coefficient (Wildman–Crippen LogP) is 0.811. The lowest BCUT2D eigenvalue weighted by Crippen LogP contribution is -2.31. The molecule has 0 aliphatic carbocycles. The van der Waals surface area contributed by atoms with Crippen LogP contribution in [0.2, 0.25) is 0 Å². The molecule has 1 amide bonds. The van der Waals surface area contributed by atoms with Crippen molar-refractivity contribution >= 4 is 11.6 Å². The molecule has 0 bridgehead atoms. The molecule has 0 unspecified atom stereocenters. The molecule has 0 aliphatic heterocycles. The lowest BCUT2D eigenvalue weighted by Gasteiger charge is -2.15. The van der Waals surface area contributed by atoms with Crippen LogP contribution in [0.4, 0.5) is 5.69 Å². The summed E-state index contributed by atoms with van der Waals surface area (Å²) >= 11 is 0. The number of hydrogen-bond donors (Lipinski definition) is 2. The summed E-state index contributed by atoms with van der Waals surface area (Å²) in [6, 6.07) is 8.90. The van der Waals surface area contributed by atoms with Crippen molar-refractivity contribution in [2.24, 2.45) is 0 Å². The summed E-state index contributed by atoms with van der Waals surface area (Å²) in [5.74, 6) is -0.168. The van der Waals surface area contributed by atoms with E-state index in [9.17, 15) is 4.79 Å². The molecule has 0 aromatic heterocycles. The first-order chi connectivity index (χ1) is 8.67. The van der Waals surface area contributed by atoms with Gasteiger partial charge in [0.1, 0.15) is 6.07 Å². The number of nitrogens with one attached hydrogen (secondary N) is 1. The van der Waals surface area contributed by atoms with Crippen molar-refractivity contribution < 1.29 is 9.90 Å². The van der Waals surface area contributed by atoms with Crippen LogP contribution in [0.15, 0.2) is 24.3 Å². The monoisotopic (exact) mass is 247 g/mol. The average Bonchev–Trinajstić information content (AvgIpc) is 2.36. The zero-order chi connectivity index (χ0) is 13.4.